The summed E-state index contributed by atoms with van der Waals surface area (Å²) in [7, 11) is 0. The normalized spacial score (nSPS) is 20.1. The van der Waals surface area contributed by atoms with Crippen LogP contribution in [0.15, 0.2) is 42.5 Å². The summed E-state index contributed by atoms with van der Waals surface area (Å²) >= 11 is 0. The topological polar surface area (TPSA) is 52.6 Å². The third-order valence-corrected chi connectivity index (χ3v) is 5.06. The molecule has 3 rings (SSSR count). The van der Waals surface area contributed by atoms with Crippen molar-refractivity contribution in [2.24, 2.45) is 0 Å². The minimum absolute atomic E-state index is 0.147. The summed E-state index contributed by atoms with van der Waals surface area (Å²) in [4.78, 5) is 14.3. The summed E-state index contributed by atoms with van der Waals surface area (Å²) in [5.74, 6) is -2.23. The van der Waals surface area contributed by atoms with E-state index in [2.05, 4.69) is 5.32 Å². The van der Waals surface area contributed by atoms with Crippen LogP contribution < -0.4 is 5.32 Å². The molecule has 1 atom stereocenters. The van der Waals surface area contributed by atoms with Gasteiger partial charge in [-0.05, 0) is 48.6 Å². The van der Waals surface area contributed by atoms with Gasteiger partial charge in [0.05, 0.1) is 0 Å². The van der Waals surface area contributed by atoms with Crippen LogP contribution in [0.1, 0.15) is 29.5 Å². The van der Waals surface area contributed by atoms with Gasteiger partial charge in [0.1, 0.15) is 0 Å². The number of halogens is 2. The smallest absolute Gasteiger partial charge is 0.256 e. The number of aliphatic hydroxyl groups is 1. The van der Waals surface area contributed by atoms with E-state index in [0.29, 0.717) is 31.5 Å². The molecule has 144 valence electrons. The fourth-order valence-electron chi connectivity index (χ4n) is 3.45. The third-order valence-electron chi connectivity index (χ3n) is 5.06. The maximum absolute atomic E-state index is 13.4. The first-order chi connectivity index (χ1) is 12.9. The van der Waals surface area contributed by atoms with E-state index in [1.807, 2.05) is 31.2 Å². The zero-order chi connectivity index (χ0) is 19.4. The Morgan fingerprint density at radius 1 is 1.19 bits per heavy atom. The van der Waals surface area contributed by atoms with Crippen LogP contribution in [0.2, 0.25) is 0 Å². The van der Waals surface area contributed by atoms with Crippen molar-refractivity contribution in [3.05, 3.63) is 70.8 Å². The van der Waals surface area contributed by atoms with E-state index in [0.717, 1.165) is 23.3 Å². The van der Waals surface area contributed by atoms with E-state index in [9.17, 15) is 18.7 Å². The Morgan fingerprint density at radius 2 is 1.96 bits per heavy atom. The minimum Gasteiger partial charge on any atom is -0.379 e. The molecule has 1 heterocycles. The lowest BCUT2D eigenvalue weighted by Crippen LogP contribution is -2.57. The van der Waals surface area contributed by atoms with Crippen molar-refractivity contribution < 1.29 is 18.7 Å². The molecular weight excluding hydrogens is 350 g/mol. The lowest BCUT2D eigenvalue weighted by Gasteiger charge is -2.38. The van der Waals surface area contributed by atoms with Gasteiger partial charge >= 0.3 is 0 Å². The summed E-state index contributed by atoms with van der Waals surface area (Å²) in [6, 6.07) is 11.5. The number of amides is 1. The number of nitrogens with zero attached hydrogens (tertiary/aromatic N) is 1. The molecule has 0 saturated carbocycles. The Balaban J connectivity index is 1.62. The Bertz CT molecular complexity index is 828. The molecule has 27 heavy (non-hydrogen) atoms. The summed E-state index contributed by atoms with van der Waals surface area (Å²) < 4.78 is 26.5. The van der Waals surface area contributed by atoms with Crippen LogP contribution in [0.3, 0.4) is 0 Å². The monoisotopic (exact) mass is 374 g/mol. The molecule has 4 nitrogen and oxygen atoms in total. The van der Waals surface area contributed by atoms with Gasteiger partial charge < -0.3 is 15.3 Å². The van der Waals surface area contributed by atoms with E-state index >= 15 is 0 Å². The van der Waals surface area contributed by atoms with E-state index in [1.165, 1.54) is 11.0 Å². The number of piperidine rings is 1. The largest absolute Gasteiger partial charge is 0.379 e. The van der Waals surface area contributed by atoms with Crippen molar-refractivity contribution in [3.63, 3.8) is 0 Å². The SMILES string of the molecule is Cc1ccccc1CNCC1(O)CCCN(Cc2ccc(F)c(F)c2)C1=O. The summed E-state index contributed by atoms with van der Waals surface area (Å²) in [6.07, 6.45) is 1.03. The Labute approximate surface area is 157 Å². The highest BCUT2D eigenvalue weighted by Crippen LogP contribution is 2.24. The molecular formula is C21H24F2N2O2. The van der Waals surface area contributed by atoms with Crippen molar-refractivity contribution >= 4 is 5.91 Å². The van der Waals surface area contributed by atoms with Crippen LogP contribution in [-0.4, -0.2) is 34.6 Å². The molecule has 2 N–H and O–H groups in total. The molecule has 0 bridgehead atoms. The summed E-state index contributed by atoms with van der Waals surface area (Å²) in [5.41, 5.74) is 1.27. The molecule has 1 saturated heterocycles. The van der Waals surface area contributed by atoms with Gasteiger partial charge in [-0.3, -0.25) is 4.79 Å². The summed E-state index contributed by atoms with van der Waals surface area (Å²) in [5, 5.41) is 14.0. The number of aryl methyl sites for hydroxylation is 1. The van der Waals surface area contributed by atoms with Gasteiger partial charge in [0.2, 0.25) is 0 Å². The number of benzene rings is 2. The molecule has 6 heteroatoms. The van der Waals surface area contributed by atoms with E-state index in [1.54, 1.807) is 0 Å². The van der Waals surface area contributed by atoms with Gasteiger partial charge in [-0.1, -0.05) is 30.3 Å². The zero-order valence-electron chi connectivity index (χ0n) is 15.3. The molecule has 2 aromatic carbocycles. The molecule has 0 aromatic heterocycles. The third kappa shape index (κ3) is 4.51. The Kier molecular flexibility index (Phi) is 5.87. The summed E-state index contributed by atoms with van der Waals surface area (Å²) in [6.45, 7) is 3.36. The molecule has 0 aliphatic carbocycles. The van der Waals surface area contributed by atoms with E-state index in [-0.39, 0.29) is 19.0 Å². The number of likely N-dealkylation sites (tertiary alicyclic amines) is 1. The molecule has 0 spiro atoms. The fraction of sp³-hybridized carbons (Fsp3) is 0.381. The molecule has 1 fully saturated rings. The maximum Gasteiger partial charge on any atom is 0.256 e. The zero-order valence-corrected chi connectivity index (χ0v) is 15.3. The van der Waals surface area contributed by atoms with Crippen molar-refractivity contribution in [1.82, 2.24) is 10.2 Å². The van der Waals surface area contributed by atoms with Crippen LogP contribution in [0.25, 0.3) is 0 Å². The van der Waals surface area contributed by atoms with Gasteiger partial charge in [0.15, 0.2) is 17.2 Å². The van der Waals surface area contributed by atoms with Crippen LogP contribution in [-0.2, 0) is 17.9 Å². The number of hydrogen-bond acceptors (Lipinski definition) is 3. The number of rotatable bonds is 6. The molecule has 1 amide bonds. The number of carbonyl (C=O) groups is 1. The maximum atomic E-state index is 13.4. The highest BCUT2D eigenvalue weighted by molar-refractivity contribution is 5.86. The quantitative estimate of drug-likeness (QED) is 0.818. The van der Waals surface area contributed by atoms with Gasteiger partial charge in [0, 0.05) is 26.2 Å². The van der Waals surface area contributed by atoms with Gasteiger partial charge in [0.25, 0.3) is 5.91 Å². The van der Waals surface area contributed by atoms with Crippen LogP contribution in [0.5, 0.6) is 0 Å². The number of hydrogen-bond donors (Lipinski definition) is 2. The lowest BCUT2D eigenvalue weighted by molar-refractivity contribution is -0.157. The second-order valence-electron chi connectivity index (χ2n) is 7.14. The molecule has 2 aromatic rings. The second kappa shape index (κ2) is 8.15. The van der Waals surface area contributed by atoms with E-state index in [4.69, 9.17) is 0 Å². The first kappa shape index (κ1) is 19.5. The molecule has 1 unspecified atom stereocenters. The standard InChI is InChI=1S/C21H24F2N2O2/c1-15-5-2-3-6-17(15)12-24-14-21(27)9-4-10-25(20(21)26)13-16-7-8-18(22)19(23)11-16/h2-3,5-8,11,24,27H,4,9-10,12-14H2,1H3. The predicted octanol–water partition coefficient (Wildman–Crippen LogP) is 2.92. The average Bonchev–Trinajstić information content (AvgIpc) is 2.64. The van der Waals surface area contributed by atoms with Crippen LogP contribution >= 0.6 is 0 Å². The fourth-order valence-corrected chi connectivity index (χ4v) is 3.45. The molecule has 1 aliphatic heterocycles. The van der Waals surface area contributed by atoms with Crippen molar-refractivity contribution in [3.8, 4) is 0 Å². The first-order valence-corrected chi connectivity index (χ1v) is 9.10. The van der Waals surface area contributed by atoms with Crippen LogP contribution in [0.4, 0.5) is 8.78 Å². The van der Waals surface area contributed by atoms with Gasteiger partial charge in [-0.2, -0.15) is 0 Å². The molecule has 1 aliphatic rings. The molecule has 0 radical (unpaired) electrons. The Hall–Kier alpha value is -2.31. The van der Waals surface area contributed by atoms with E-state index < -0.39 is 17.2 Å². The predicted molar refractivity (Wildman–Crippen MR) is 98.8 cm³/mol. The van der Waals surface area contributed by atoms with Gasteiger partial charge in [-0.15, -0.1) is 0 Å². The van der Waals surface area contributed by atoms with Crippen LogP contribution in [0, 0.1) is 18.6 Å². The first-order valence-electron chi connectivity index (χ1n) is 9.10. The highest BCUT2D eigenvalue weighted by atomic mass is 19.2. The van der Waals surface area contributed by atoms with Crippen molar-refractivity contribution in [2.75, 3.05) is 13.1 Å². The number of carbonyl (C=O) groups excluding carboxylic acids is 1. The van der Waals surface area contributed by atoms with Gasteiger partial charge in [-0.25, -0.2) is 8.78 Å². The highest BCUT2D eigenvalue weighted by Gasteiger charge is 2.41. The average molecular weight is 374 g/mol. The van der Waals surface area contributed by atoms with Crippen molar-refractivity contribution in [1.29, 1.82) is 0 Å². The number of nitrogens with one attached hydrogen (secondary N) is 1. The minimum atomic E-state index is -1.49. The lowest BCUT2D eigenvalue weighted by atomic mass is 9.91. The Morgan fingerprint density at radius 3 is 2.70 bits per heavy atom. The van der Waals surface area contributed by atoms with Crippen molar-refractivity contribution in [2.45, 2.75) is 38.5 Å². The second-order valence-corrected chi connectivity index (χ2v) is 7.14.